The highest BCUT2D eigenvalue weighted by Gasteiger charge is 2.97. The lowest BCUT2D eigenvalue weighted by Gasteiger charge is -2.41. The van der Waals surface area contributed by atoms with Gasteiger partial charge >= 0.3 is 71.5 Å². The summed E-state index contributed by atoms with van der Waals surface area (Å²) in [6, 6.07) is -8.35. The molecule has 2 aromatic rings. The normalized spacial score (nSPS) is 14.7. The first kappa shape index (κ1) is 38.7. The third-order valence-electron chi connectivity index (χ3n) is 5.58. The quantitative estimate of drug-likeness (QED) is 0.149. The van der Waals surface area contributed by atoms with Gasteiger partial charge in [0.1, 0.15) is 4.48 Å². The SMILES string of the molecule is Fc1c(-c2c(F)c(F)[n+](C(F)(F)C(F)(F)C(F)(F)C(F)(F)C(F)(F)C(F)(F)C(F)(F)C(F)(F)F)c(F)c2F)c(F)c(F)[n+](F)c1F. The van der Waals surface area contributed by atoms with E-state index >= 15 is 0 Å². The van der Waals surface area contributed by atoms with Crippen molar-refractivity contribution in [2.75, 3.05) is 0 Å². The van der Waals surface area contributed by atoms with Crippen molar-refractivity contribution in [2.45, 2.75) is 47.8 Å². The Morgan fingerprint density at radius 3 is 0.848 bits per heavy atom. The monoisotopic (exact) mass is 738 g/mol. The minimum absolute atomic E-state index is 2.26. The van der Waals surface area contributed by atoms with Gasteiger partial charge in [0, 0.05) is 0 Å². The van der Waals surface area contributed by atoms with Gasteiger partial charge < -0.3 is 0 Å². The van der Waals surface area contributed by atoms with Gasteiger partial charge in [-0.3, -0.25) is 0 Å². The number of nitrogens with zero attached hydrogens (tertiary/aromatic N) is 2. The van der Waals surface area contributed by atoms with Crippen LogP contribution in [0.3, 0.4) is 0 Å². The molecule has 0 fully saturated rings. The summed E-state index contributed by atoms with van der Waals surface area (Å²) in [4.78, 5) is -2.26. The van der Waals surface area contributed by atoms with Crippen LogP contribution in [0.25, 0.3) is 11.1 Å². The summed E-state index contributed by atoms with van der Waals surface area (Å²) in [6.07, 6.45) is -8.11. The third-order valence-corrected chi connectivity index (χ3v) is 5.58. The van der Waals surface area contributed by atoms with Gasteiger partial charge in [-0.2, -0.15) is 83.4 Å². The molecule has 0 aliphatic carbocycles. The van der Waals surface area contributed by atoms with Crippen LogP contribution in [0.2, 0.25) is 0 Å². The van der Waals surface area contributed by atoms with Crippen LogP contribution >= 0.6 is 0 Å². The van der Waals surface area contributed by atoms with Crippen molar-refractivity contribution < 1.29 is 124 Å². The van der Waals surface area contributed by atoms with Gasteiger partial charge in [-0.1, -0.05) is 4.57 Å². The zero-order valence-electron chi connectivity index (χ0n) is 19.7. The standard InChI is InChI=1S/C18F26N2/c19-3-1(2-5(21)9(25)46(44)10(26)6(2)22)4(20)8(24)45(7(3)23)18(42,43)16(37,38)14(33,34)12(29,30)11(27,28)13(31,32)15(35,36)17(39,40)41/q+2. The van der Waals surface area contributed by atoms with Crippen LogP contribution in [0.5, 0.6) is 0 Å². The highest BCUT2D eigenvalue weighted by molar-refractivity contribution is 5.65. The molecule has 0 N–H and O–H groups in total. The van der Waals surface area contributed by atoms with E-state index in [4.69, 9.17) is 0 Å². The number of hydrogen-bond donors (Lipinski definition) is 0. The fourth-order valence-electron chi connectivity index (χ4n) is 3.13. The van der Waals surface area contributed by atoms with E-state index in [0.29, 0.717) is 0 Å². The minimum Gasteiger partial charge on any atom is -0.196 e. The van der Waals surface area contributed by atoms with Gasteiger partial charge in [0.05, 0.1) is 15.9 Å². The Morgan fingerprint density at radius 1 is 0.326 bits per heavy atom. The average Bonchev–Trinajstić information content (AvgIpc) is 2.90. The Kier molecular flexibility index (Phi) is 8.82. The van der Waals surface area contributed by atoms with Gasteiger partial charge in [-0.15, -0.1) is 26.3 Å². The molecule has 0 spiro atoms. The van der Waals surface area contributed by atoms with E-state index in [1.54, 1.807) is 0 Å². The maximum Gasteiger partial charge on any atom is 0.539 e. The van der Waals surface area contributed by atoms with Gasteiger partial charge in [0.2, 0.25) is 23.3 Å². The van der Waals surface area contributed by atoms with E-state index in [-0.39, 0.29) is 0 Å². The maximum atomic E-state index is 14.3. The van der Waals surface area contributed by atoms with Crippen molar-refractivity contribution >= 4 is 0 Å². The average molecular weight is 738 g/mol. The molecular formula is C18F26N2+2. The third kappa shape index (κ3) is 4.57. The smallest absolute Gasteiger partial charge is 0.196 e. The zero-order valence-corrected chi connectivity index (χ0v) is 19.7. The second-order valence-electron chi connectivity index (χ2n) is 8.27. The Balaban J connectivity index is 2.95. The van der Waals surface area contributed by atoms with E-state index in [0.717, 1.165) is 0 Å². The van der Waals surface area contributed by atoms with E-state index in [9.17, 15) is 114 Å². The molecule has 28 heteroatoms. The Bertz CT molecular complexity index is 1500. The number of pyridine rings is 2. The predicted molar refractivity (Wildman–Crippen MR) is 84.4 cm³/mol. The van der Waals surface area contributed by atoms with Gasteiger partial charge in [0.15, 0.2) is 0 Å². The summed E-state index contributed by atoms with van der Waals surface area (Å²) in [5.74, 6) is -85.0. The van der Waals surface area contributed by atoms with Crippen molar-refractivity contribution in [3.63, 3.8) is 0 Å². The molecule has 46 heavy (non-hydrogen) atoms. The molecule has 0 amide bonds. The van der Waals surface area contributed by atoms with Crippen LogP contribution in [0, 0.1) is 47.1 Å². The molecule has 0 aliphatic rings. The van der Waals surface area contributed by atoms with Crippen molar-refractivity contribution in [1.82, 2.24) is 0 Å². The molecule has 0 unspecified atom stereocenters. The molecule has 2 aromatic heterocycles. The highest BCUT2D eigenvalue weighted by Crippen LogP contribution is 2.64. The van der Waals surface area contributed by atoms with E-state index in [1.165, 1.54) is 0 Å². The lowest BCUT2D eigenvalue weighted by molar-refractivity contribution is -0.888. The molecule has 0 saturated carbocycles. The van der Waals surface area contributed by atoms with E-state index in [1.807, 2.05) is 0 Å². The molecule has 262 valence electrons. The number of alkyl halides is 17. The molecule has 0 atom stereocenters. The molecule has 0 bridgehead atoms. The molecule has 0 saturated heterocycles. The summed E-state index contributed by atoms with van der Waals surface area (Å²) < 4.78 is 349. The maximum absolute atomic E-state index is 14.3. The fourth-order valence-corrected chi connectivity index (χ4v) is 3.13. The van der Waals surface area contributed by atoms with Crippen LogP contribution in [0.4, 0.5) is 114 Å². The first-order valence-corrected chi connectivity index (χ1v) is 10.0. The molecule has 0 aliphatic heterocycles. The molecular weight excluding hydrogens is 738 g/mol. The van der Waals surface area contributed by atoms with Crippen LogP contribution in [-0.2, 0) is 6.05 Å². The van der Waals surface area contributed by atoms with Gasteiger partial charge in [0.25, 0.3) is 0 Å². The molecule has 2 nitrogen and oxygen atoms in total. The number of halogens is 26. The van der Waals surface area contributed by atoms with E-state index in [2.05, 4.69) is 0 Å². The Morgan fingerprint density at radius 2 is 0.565 bits per heavy atom. The number of aromatic nitrogens is 2. The molecule has 0 aromatic carbocycles. The summed E-state index contributed by atoms with van der Waals surface area (Å²) >= 11 is 0. The van der Waals surface area contributed by atoms with Crippen molar-refractivity contribution in [3.05, 3.63) is 47.1 Å². The van der Waals surface area contributed by atoms with Crippen LogP contribution in [0.15, 0.2) is 0 Å². The summed E-state index contributed by atoms with van der Waals surface area (Å²) in [6.45, 7) is 0. The van der Waals surface area contributed by atoms with Crippen molar-refractivity contribution in [3.8, 4) is 11.1 Å². The van der Waals surface area contributed by atoms with Gasteiger partial charge in [-0.05, 0) is 0 Å². The Hall–Kier alpha value is -3.52. The summed E-state index contributed by atoms with van der Waals surface area (Å²) in [5.41, 5.74) is -6.56. The Labute approximate surface area is 231 Å². The lowest BCUT2D eigenvalue weighted by atomic mass is 9.90. The zero-order chi connectivity index (χ0) is 36.9. The summed E-state index contributed by atoms with van der Waals surface area (Å²) in [5, 5.41) is 0. The fraction of sp³-hybridized carbons (Fsp3) is 0.444. The second-order valence-corrected chi connectivity index (χ2v) is 8.27. The lowest BCUT2D eigenvalue weighted by Crippen LogP contribution is -2.77. The summed E-state index contributed by atoms with van der Waals surface area (Å²) in [7, 11) is 0. The van der Waals surface area contributed by atoms with Crippen molar-refractivity contribution in [2.24, 2.45) is 0 Å². The molecule has 2 rings (SSSR count). The topological polar surface area (TPSA) is 7.76 Å². The first-order chi connectivity index (χ1) is 20.1. The van der Waals surface area contributed by atoms with E-state index < -0.39 is 115 Å². The van der Waals surface area contributed by atoms with Gasteiger partial charge in [-0.25, -0.2) is 0 Å². The minimum atomic E-state index is -9.29. The molecule has 0 radical (unpaired) electrons. The highest BCUT2D eigenvalue weighted by atomic mass is 19.4. The van der Waals surface area contributed by atoms with Crippen LogP contribution < -0.4 is 9.36 Å². The predicted octanol–water partition coefficient (Wildman–Crippen LogP) is 7.70. The van der Waals surface area contributed by atoms with Crippen LogP contribution in [0.1, 0.15) is 0 Å². The second kappa shape index (κ2) is 10.5. The number of hydrogen-bond acceptors (Lipinski definition) is 0. The van der Waals surface area contributed by atoms with Crippen LogP contribution in [-0.4, -0.2) is 41.7 Å². The van der Waals surface area contributed by atoms with Crippen molar-refractivity contribution in [1.29, 1.82) is 0 Å². The largest absolute Gasteiger partial charge is 0.539 e. The first-order valence-electron chi connectivity index (χ1n) is 10.0. The molecule has 2 heterocycles. The number of rotatable bonds is 8.